The van der Waals surface area contributed by atoms with Gasteiger partial charge < -0.3 is 15.2 Å². The van der Waals surface area contributed by atoms with Gasteiger partial charge in [-0.2, -0.15) is 0 Å². The molecule has 106 valence electrons. The van der Waals surface area contributed by atoms with E-state index in [0.29, 0.717) is 6.54 Å². The Morgan fingerprint density at radius 3 is 2.63 bits per heavy atom. The molecule has 2 N–H and O–H groups in total. The summed E-state index contributed by atoms with van der Waals surface area (Å²) in [7, 11) is 1.66. The molecule has 19 heavy (non-hydrogen) atoms. The third-order valence-corrected chi connectivity index (χ3v) is 2.98. The zero-order chi connectivity index (χ0) is 14.5. The van der Waals surface area contributed by atoms with Gasteiger partial charge in [-0.25, -0.2) is 0 Å². The molecule has 4 heteroatoms. The Morgan fingerprint density at radius 1 is 1.42 bits per heavy atom. The number of carbonyl (C=O) groups excluding carboxylic acids is 1. The van der Waals surface area contributed by atoms with Crippen molar-refractivity contribution in [2.75, 3.05) is 13.7 Å². The maximum atomic E-state index is 11.5. The van der Waals surface area contributed by atoms with Crippen molar-refractivity contribution in [3.63, 3.8) is 0 Å². The SMILES string of the molecule is CCc1cc(CCNC(=O)C(C)(C)O)ccc1OC. The van der Waals surface area contributed by atoms with Crippen molar-refractivity contribution < 1.29 is 14.6 Å². The van der Waals surface area contributed by atoms with E-state index in [1.807, 2.05) is 12.1 Å². The van der Waals surface area contributed by atoms with E-state index in [2.05, 4.69) is 18.3 Å². The van der Waals surface area contributed by atoms with E-state index >= 15 is 0 Å². The van der Waals surface area contributed by atoms with Crippen LogP contribution in [0.25, 0.3) is 0 Å². The molecule has 0 radical (unpaired) electrons. The lowest BCUT2D eigenvalue weighted by Gasteiger charge is -2.16. The number of rotatable bonds is 6. The van der Waals surface area contributed by atoms with E-state index < -0.39 is 5.60 Å². The molecule has 0 unspecified atom stereocenters. The number of aliphatic hydroxyl groups is 1. The number of benzene rings is 1. The van der Waals surface area contributed by atoms with Crippen molar-refractivity contribution in [2.45, 2.75) is 39.2 Å². The number of methoxy groups -OCH3 is 1. The highest BCUT2D eigenvalue weighted by Gasteiger charge is 2.22. The standard InChI is InChI=1S/C15H23NO3/c1-5-12-10-11(6-7-13(12)19-4)8-9-16-14(17)15(2,3)18/h6-7,10,18H,5,8-9H2,1-4H3,(H,16,17). The first-order valence-corrected chi connectivity index (χ1v) is 6.55. The molecular formula is C15H23NO3. The molecule has 0 fully saturated rings. The molecule has 0 aliphatic carbocycles. The fourth-order valence-corrected chi connectivity index (χ4v) is 1.80. The van der Waals surface area contributed by atoms with Crippen LogP contribution >= 0.6 is 0 Å². The minimum absolute atomic E-state index is 0.350. The van der Waals surface area contributed by atoms with Crippen LogP contribution < -0.4 is 10.1 Å². The van der Waals surface area contributed by atoms with Gasteiger partial charge in [0.05, 0.1) is 7.11 Å². The summed E-state index contributed by atoms with van der Waals surface area (Å²) in [5.74, 6) is 0.545. The van der Waals surface area contributed by atoms with E-state index in [0.717, 1.165) is 29.7 Å². The highest BCUT2D eigenvalue weighted by Crippen LogP contribution is 2.20. The van der Waals surface area contributed by atoms with Crippen LogP contribution in [0.2, 0.25) is 0 Å². The Labute approximate surface area is 114 Å². The van der Waals surface area contributed by atoms with Gasteiger partial charge in [-0.15, -0.1) is 0 Å². The summed E-state index contributed by atoms with van der Waals surface area (Å²) < 4.78 is 5.28. The number of aryl methyl sites for hydroxylation is 1. The summed E-state index contributed by atoms with van der Waals surface area (Å²) in [6.45, 7) is 5.55. The summed E-state index contributed by atoms with van der Waals surface area (Å²) >= 11 is 0. The van der Waals surface area contributed by atoms with Gasteiger partial charge in [0.25, 0.3) is 5.91 Å². The van der Waals surface area contributed by atoms with Crippen molar-refractivity contribution in [2.24, 2.45) is 0 Å². The van der Waals surface area contributed by atoms with Crippen LogP contribution in [-0.4, -0.2) is 30.3 Å². The summed E-state index contributed by atoms with van der Waals surface area (Å²) in [6, 6.07) is 6.04. The first-order chi connectivity index (χ1) is 8.88. The monoisotopic (exact) mass is 265 g/mol. The van der Waals surface area contributed by atoms with Gasteiger partial charge in [-0.1, -0.05) is 19.1 Å². The molecule has 0 aliphatic heterocycles. The molecule has 0 bridgehead atoms. The van der Waals surface area contributed by atoms with Gasteiger partial charge in [0.1, 0.15) is 11.4 Å². The number of amides is 1. The minimum atomic E-state index is -1.32. The van der Waals surface area contributed by atoms with Crippen molar-refractivity contribution in [1.82, 2.24) is 5.32 Å². The molecule has 0 heterocycles. The van der Waals surface area contributed by atoms with Gasteiger partial charge in [-0.05, 0) is 43.9 Å². The van der Waals surface area contributed by atoms with E-state index in [4.69, 9.17) is 4.74 Å². The second-order valence-corrected chi connectivity index (χ2v) is 5.06. The highest BCUT2D eigenvalue weighted by atomic mass is 16.5. The Hall–Kier alpha value is -1.55. The van der Waals surface area contributed by atoms with Gasteiger partial charge in [0.2, 0.25) is 0 Å². The van der Waals surface area contributed by atoms with Gasteiger partial charge in [0.15, 0.2) is 0 Å². The van der Waals surface area contributed by atoms with Crippen LogP contribution in [-0.2, 0) is 17.6 Å². The van der Waals surface area contributed by atoms with Crippen LogP contribution in [0, 0.1) is 0 Å². The third-order valence-electron chi connectivity index (χ3n) is 2.98. The topological polar surface area (TPSA) is 58.6 Å². The molecule has 0 aromatic heterocycles. The number of nitrogens with one attached hydrogen (secondary N) is 1. The second kappa shape index (κ2) is 6.57. The largest absolute Gasteiger partial charge is 0.496 e. The van der Waals surface area contributed by atoms with Crippen LogP contribution in [0.1, 0.15) is 31.9 Å². The smallest absolute Gasteiger partial charge is 0.251 e. The predicted molar refractivity (Wildman–Crippen MR) is 75.4 cm³/mol. The van der Waals surface area contributed by atoms with Gasteiger partial charge >= 0.3 is 0 Å². The van der Waals surface area contributed by atoms with Crippen LogP contribution in [0.3, 0.4) is 0 Å². The molecule has 0 atom stereocenters. The average Bonchev–Trinajstić information content (AvgIpc) is 2.37. The molecule has 1 aromatic rings. The Bertz CT molecular complexity index is 436. The van der Waals surface area contributed by atoms with Gasteiger partial charge in [0, 0.05) is 6.54 Å². The first-order valence-electron chi connectivity index (χ1n) is 6.55. The molecule has 0 aliphatic rings. The summed E-state index contributed by atoms with van der Waals surface area (Å²) in [5, 5.41) is 12.2. The number of carbonyl (C=O) groups is 1. The molecule has 4 nitrogen and oxygen atoms in total. The zero-order valence-corrected chi connectivity index (χ0v) is 12.1. The fourth-order valence-electron chi connectivity index (χ4n) is 1.80. The second-order valence-electron chi connectivity index (χ2n) is 5.06. The van der Waals surface area contributed by atoms with E-state index in [-0.39, 0.29) is 5.91 Å². The van der Waals surface area contributed by atoms with Gasteiger partial charge in [-0.3, -0.25) is 4.79 Å². The zero-order valence-electron chi connectivity index (χ0n) is 12.1. The fraction of sp³-hybridized carbons (Fsp3) is 0.533. The minimum Gasteiger partial charge on any atom is -0.496 e. The highest BCUT2D eigenvalue weighted by molar-refractivity contribution is 5.83. The number of hydrogen-bond donors (Lipinski definition) is 2. The predicted octanol–water partition coefficient (Wildman–Crippen LogP) is 1.69. The van der Waals surface area contributed by atoms with E-state index in [1.165, 1.54) is 13.8 Å². The lowest BCUT2D eigenvalue weighted by atomic mass is 10.0. The molecule has 0 saturated carbocycles. The Morgan fingerprint density at radius 2 is 2.11 bits per heavy atom. The lowest BCUT2D eigenvalue weighted by molar-refractivity contribution is -0.136. The molecule has 0 spiro atoms. The molecule has 1 aromatic carbocycles. The van der Waals surface area contributed by atoms with Crippen molar-refractivity contribution in [3.05, 3.63) is 29.3 Å². The summed E-state index contributed by atoms with van der Waals surface area (Å²) in [5.41, 5.74) is 0.983. The van der Waals surface area contributed by atoms with Crippen molar-refractivity contribution >= 4 is 5.91 Å². The summed E-state index contributed by atoms with van der Waals surface area (Å²) in [6.07, 6.45) is 1.64. The Balaban J connectivity index is 2.57. The van der Waals surface area contributed by atoms with Crippen molar-refractivity contribution in [3.8, 4) is 5.75 Å². The summed E-state index contributed by atoms with van der Waals surface area (Å²) in [4.78, 5) is 11.5. The normalized spacial score (nSPS) is 11.2. The molecule has 1 rings (SSSR count). The lowest BCUT2D eigenvalue weighted by Crippen LogP contribution is -2.42. The Kier molecular flexibility index (Phi) is 5.36. The quantitative estimate of drug-likeness (QED) is 0.823. The maximum Gasteiger partial charge on any atom is 0.251 e. The molecule has 1 amide bonds. The average molecular weight is 265 g/mol. The van der Waals surface area contributed by atoms with E-state index in [1.54, 1.807) is 7.11 Å². The van der Waals surface area contributed by atoms with Crippen LogP contribution in [0.4, 0.5) is 0 Å². The van der Waals surface area contributed by atoms with Crippen LogP contribution in [0.5, 0.6) is 5.75 Å². The number of hydrogen-bond acceptors (Lipinski definition) is 3. The van der Waals surface area contributed by atoms with Crippen molar-refractivity contribution in [1.29, 1.82) is 0 Å². The van der Waals surface area contributed by atoms with E-state index in [9.17, 15) is 9.90 Å². The third kappa shape index (κ3) is 4.56. The first kappa shape index (κ1) is 15.5. The molecular weight excluding hydrogens is 242 g/mol. The molecule has 0 saturated heterocycles. The van der Waals surface area contributed by atoms with Crippen LogP contribution in [0.15, 0.2) is 18.2 Å². The number of ether oxygens (including phenoxy) is 1. The maximum absolute atomic E-state index is 11.5.